The quantitative estimate of drug-likeness (QED) is 0.738. The summed E-state index contributed by atoms with van der Waals surface area (Å²) < 4.78 is 1.87. The first-order valence-corrected chi connectivity index (χ1v) is 5.61. The van der Waals surface area contributed by atoms with Gasteiger partial charge in [-0.15, -0.1) is 11.3 Å². The van der Waals surface area contributed by atoms with Crippen molar-refractivity contribution in [2.24, 2.45) is 7.05 Å². The van der Waals surface area contributed by atoms with Crippen LogP contribution >= 0.6 is 11.3 Å². The van der Waals surface area contributed by atoms with Crippen LogP contribution in [0.5, 0.6) is 0 Å². The standard InChI is InChI=1S/C11H14N2S/c1-4-9-5-6-11(14-9)10-7-13(3)12-8(10)2/h5-7H,4H2,1-3H3. The van der Waals surface area contributed by atoms with Crippen molar-refractivity contribution in [3.8, 4) is 10.4 Å². The highest BCUT2D eigenvalue weighted by atomic mass is 32.1. The van der Waals surface area contributed by atoms with Gasteiger partial charge in [0.05, 0.1) is 5.69 Å². The molecule has 0 N–H and O–H groups in total. The second-order valence-corrected chi connectivity index (χ2v) is 4.59. The Labute approximate surface area is 88.2 Å². The Bertz CT molecular complexity index is 440. The molecule has 0 radical (unpaired) electrons. The fourth-order valence-corrected chi connectivity index (χ4v) is 2.56. The van der Waals surface area contributed by atoms with Gasteiger partial charge in [-0.25, -0.2) is 0 Å². The second-order valence-electron chi connectivity index (χ2n) is 3.42. The summed E-state index contributed by atoms with van der Waals surface area (Å²) in [7, 11) is 1.96. The Morgan fingerprint density at radius 2 is 2.21 bits per heavy atom. The van der Waals surface area contributed by atoms with E-state index in [1.54, 1.807) is 0 Å². The van der Waals surface area contributed by atoms with Crippen LogP contribution in [0.1, 0.15) is 17.5 Å². The lowest BCUT2D eigenvalue weighted by atomic mass is 10.2. The number of aromatic nitrogens is 2. The molecule has 0 aromatic carbocycles. The third kappa shape index (κ3) is 1.60. The number of hydrogen-bond acceptors (Lipinski definition) is 2. The van der Waals surface area contributed by atoms with Gasteiger partial charge in [0, 0.05) is 28.6 Å². The molecule has 2 nitrogen and oxygen atoms in total. The van der Waals surface area contributed by atoms with Crippen molar-refractivity contribution in [3.05, 3.63) is 28.9 Å². The second kappa shape index (κ2) is 3.58. The minimum Gasteiger partial charge on any atom is -0.275 e. The summed E-state index contributed by atoms with van der Waals surface area (Å²) in [5, 5.41) is 4.35. The number of thiophene rings is 1. The smallest absolute Gasteiger partial charge is 0.0680 e. The summed E-state index contributed by atoms with van der Waals surface area (Å²) in [5.41, 5.74) is 2.37. The molecule has 0 amide bonds. The van der Waals surface area contributed by atoms with Crippen LogP contribution in [0.4, 0.5) is 0 Å². The number of nitrogens with zero attached hydrogens (tertiary/aromatic N) is 2. The van der Waals surface area contributed by atoms with E-state index in [2.05, 4.69) is 37.3 Å². The van der Waals surface area contributed by atoms with E-state index in [-0.39, 0.29) is 0 Å². The Balaban J connectivity index is 2.43. The van der Waals surface area contributed by atoms with Gasteiger partial charge in [0.15, 0.2) is 0 Å². The van der Waals surface area contributed by atoms with Crippen LogP contribution < -0.4 is 0 Å². The SMILES string of the molecule is CCc1ccc(-c2cn(C)nc2C)s1. The first-order valence-electron chi connectivity index (χ1n) is 4.80. The molecule has 0 atom stereocenters. The lowest BCUT2D eigenvalue weighted by Crippen LogP contribution is -1.86. The van der Waals surface area contributed by atoms with Gasteiger partial charge in [-0.05, 0) is 25.5 Å². The first kappa shape index (κ1) is 9.46. The predicted octanol–water partition coefficient (Wildman–Crippen LogP) is 3.02. The van der Waals surface area contributed by atoms with E-state index in [0.717, 1.165) is 12.1 Å². The maximum absolute atomic E-state index is 4.35. The van der Waals surface area contributed by atoms with Crippen LogP contribution in [0.15, 0.2) is 18.3 Å². The minimum atomic E-state index is 1.11. The van der Waals surface area contributed by atoms with Crippen LogP contribution in [0.2, 0.25) is 0 Å². The monoisotopic (exact) mass is 206 g/mol. The van der Waals surface area contributed by atoms with Crippen LogP contribution in [-0.4, -0.2) is 9.78 Å². The summed E-state index contributed by atoms with van der Waals surface area (Å²) in [6, 6.07) is 4.39. The van der Waals surface area contributed by atoms with E-state index in [1.807, 2.05) is 23.1 Å². The van der Waals surface area contributed by atoms with E-state index in [4.69, 9.17) is 0 Å². The molecule has 2 aromatic heterocycles. The molecule has 2 aromatic rings. The fourth-order valence-electron chi connectivity index (χ4n) is 1.55. The van der Waals surface area contributed by atoms with Gasteiger partial charge in [0.25, 0.3) is 0 Å². The summed E-state index contributed by atoms with van der Waals surface area (Å²) in [6.07, 6.45) is 3.20. The van der Waals surface area contributed by atoms with Crippen molar-refractivity contribution >= 4 is 11.3 Å². The third-order valence-corrected chi connectivity index (χ3v) is 3.55. The topological polar surface area (TPSA) is 17.8 Å². The van der Waals surface area contributed by atoms with Gasteiger partial charge in [-0.3, -0.25) is 4.68 Å². The zero-order valence-electron chi connectivity index (χ0n) is 8.74. The Kier molecular flexibility index (Phi) is 2.42. The van der Waals surface area contributed by atoms with Crippen molar-refractivity contribution in [2.45, 2.75) is 20.3 Å². The molecule has 2 heterocycles. The summed E-state index contributed by atoms with van der Waals surface area (Å²) >= 11 is 1.86. The molecular weight excluding hydrogens is 192 g/mol. The van der Waals surface area contributed by atoms with E-state index < -0.39 is 0 Å². The van der Waals surface area contributed by atoms with Crippen LogP contribution in [0.25, 0.3) is 10.4 Å². The molecule has 0 aliphatic rings. The average molecular weight is 206 g/mol. The zero-order valence-corrected chi connectivity index (χ0v) is 9.56. The van der Waals surface area contributed by atoms with Crippen molar-refractivity contribution in [1.82, 2.24) is 9.78 Å². The number of rotatable bonds is 2. The van der Waals surface area contributed by atoms with Gasteiger partial charge in [0.2, 0.25) is 0 Å². The van der Waals surface area contributed by atoms with Gasteiger partial charge in [-0.1, -0.05) is 6.92 Å². The van der Waals surface area contributed by atoms with Crippen molar-refractivity contribution in [3.63, 3.8) is 0 Å². The molecule has 0 saturated heterocycles. The summed E-state index contributed by atoms with van der Waals surface area (Å²) in [5.74, 6) is 0. The van der Waals surface area contributed by atoms with E-state index >= 15 is 0 Å². The number of aryl methyl sites for hydroxylation is 3. The molecule has 0 saturated carbocycles. The molecule has 0 fully saturated rings. The molecule has 14 heavy (non-hydrogen) atoms. The van der Waals surface area contributed by atoms with Gasteiger partial charge in [0.1, 0.15) is 0 Å². The maximum Gasteiger partial charge on any atom is 0.0680 e. The van der Waals surface area contributed by atoms with E-state index in [1.165, 1.54) is 15.3 Å². The van der Waals surface area contributed by atoms with E-state index in [0.29, 0.717) is 0 Å². The highest BCUT2D eigenvalue weighted by molar-refractivity contribution is 7.15. The van der Waals surface area contributed by atoms with Crippen molar-refractivity contribution < 1.29 is 0 Å². The van der Waals surface area contributed by atoms with Gasteiger partial charge in [-0.2, -0.15) is 5.10 Å². The van der Waals surface area contributed by atoms with Crippen molar-refractivity contribution in [1.29, 1.82) is 0 Å². The largest absolute Gasteiger partial charge is 0.275 e. The summed E-state index contributed by atoms with van der Waals surface area (Å²) in [4.78, 5) is 2.76. The Morgan fingerprint density at radius 3 is 2.71 bits per heavy atom. The predicted molar refractivity (Wildman–Crippen MR) is 60.6 cm³/mol. The highest BCUT2D eigenvalue weighted by Crippen LogP contribution is 2.29. The van der Waals surface area contributed by atoms with Crippen molar-refractivity contribution in [2.75, 3.05) is 0 Å². The molecule has 0 spiro atoms. The third-order valence-electron chi connectivity index (χ3n) is 2.29. The van der Waals surface area contributed by atoms with Gasteiger partial charge < -0.3 is 0 Å². The normalized spacial score (nSPS) is 10.8. The molecule has 74 valence electrons. The molecule has 0 unspecified atom stereocenters. The van der Waals surface area contributed by atoms with Crippen LogP contribution in [0, 0.1) is 6.92 Å². The lowest BCUT2D eigenvalue weighted by Gasteiger charge is -1.91. The van der Waals surface area contributed by atoms with E-state index in [9.17, 15) is 0 Å². The fraction of sp³-hybridized carbons (Fsp3) is 0.364. The Hall–Kier alpha value is -1.09. The van der Waals surface area contributed by atoms with Gasteiger partial charge >= 0.3 is 0 Å². The minimum absolute atomic E-state index is 1.11. The average Bonchev–Trinajstić information content (AvgIpc) is 2.71. The maximum atomic E-state index is 4.35. The molecule has 3 heteroatoms. The van der Waals surface area contributed by atoms with Crippen LogP contribution in [-0.2, 0) is 13.5 Å². The first-order chi connectivity index (χ1) is 6.70. The molecule has 0 aliphatic heterocycles. The molecular formula is C11H14N2S. The molecule has 2 rings (SSSR count). The lowest BCUT2D eigenvalue weighted by molar-refractivity contribution is 0.756. The summed E-state index contributed by atoms with van der Waals surface area (Å²) in [6.45, 7) is 4.24. The van der Waals surface area contributed by atoms with Crippen LogP contribution in [0.3, 0.4) is 0 Å². The zero-order chi connectivity index (χ0) is 10.1. The highest BCUT2D eigenvalue weighted by Gasteiger charge is 2.07. The molecule has 0 aliphatic carbocycles. The molecule has 0 bridgehead atoms. The number of hydrogen-bond donors (Lipinski definition) is 0. The Morgan fingerprint density at radius 1 is 1.43 bits per heavy atom.